The van der Waals surface area contributed by atoms with Gasteiger partial charge in [0, 0.05) is 6.54 Å². The number of nitrogens with one attached hydrogen (secondary N) is 1. The quantitative estimate of drug-likeness (QED) is 0.766. The van der Waals surface area contributed by atoms with Gasteiger partial charge in [0.25, 0.3) is 0 Å². The fourth-order valence-corrected chi connectivity index (χ4v) is 1.06. The molecule has 1 atom stereocenters. The molecule has 84 valence electrons. The number of halogens is 4. The van der Waals surface area contributed by atoms with Crippen LogP contribution in [0.4, 0.5) is 0 Å². The van der Waals surface area contributed by atoms with Crippen LogP contribution < -0.4 is 5.32 Å². The Labute approximate surface area is 103 Å². The van der Waals surface area contributed by atoms with E-state index < -0.39 is 5.97 Å². The number of hydrogen-bond donors (Lipinski definition) is 2. The molecule has 1 saturated heterocycles. The summed E-state index contributed by atoms with van der Waals surface area (Å²) >= 11 is 0. The molecule has 1 heterocycles. The van der Waals surface area contributed by atoms with Gasteiger partial charge in [-0.2, -0.15) is 0 Å². The number of hydrogen-bond acceptors (Lipinski definition) is 2. The van der Waals surface area contributed by atoms with Crippen LogP contribution in [0.25, 0.3) is 0 Å². The van der Waals surface area contributed by atoms with E-state index in [-0.39, 0.29) is 55.5 Å². The predicted octanol–water partition coefficient (Wildman–Crippen LogP) is 1.76. The van der Waals surface area contributed by atoms with Gasteiger partial charge in [0.05, 0.1) is 5.92 Å². The van der Waals surface area contributed by atoms with Gasteiger partial charge in [0.1, 0.15) is 0 Å². The predicted molar refractivity (Wildman–Crippen MR) is 62.2 cm³/mol. The lowest BCUT2D eigenvalue weighted by Gasteiger charge is -2.18. The van der Waals surface area contributed by atoms with Crippen LogP contribution in [0.2, 0.25) is 0 Å². The Hall–Kier alpha value is 0.590. The lowest BCUT2D eigenvalue weighted by Crippen LogP contribution is -2.34. The van der Waals surface area contributed by atoms with Crippen LogP contribution in [0.5, 0.6) is 0 Å². The van der Waals surface area contributed by atoms with Crippen molar-refractivity contribution in [3.63, 3.8) is 0 Å². The highest BCUT2D eigenvalue weighted by Gasteiger charge is 2.18. The van der Waals surface area contributed by atoms with E-state index in [9.17, 15) is 4.79 Å². The van der Waals surface area contributed by atoms with Crippen LogP contribution >= 0.6 is 49.6 Å². The van der Waals surface area contributed by atoms with Crippen LogP contribution in [0.1, 0.15) is 12.8 Å². The summed E-state index contributed by atoms with van der Waals surface area (Å²) in [7, 11) is 0. The summed E-state index contributed by atoms with van der Waals surface area (Å²) in [4.78, 5) is 10.3. The van der Waals surface area contributed by atoms with Gasteiger partial charge in [-0.15, -0.1) is 49.6 Å². The van der Waals surface area contributed by atoms with Crippen molar-refractivity contribution in [1.82, 2.24) is 5.32 Å². The molecular formula is C6H15Cl4NO2. The number of piperidine rings is 1. The van der Waals surface area contributed by atoms with Crippen molar-refractivity contribution in [3.8, 4) is 0 Å². The standard InChI is InChI=1S/C6H11NO2.4ClH/c8-6(9)5-2-1-3-7-4-5;;;;/h5,7H,1-4H2,(H,8,9);4*1H. The molecule has 0 amide bonds. The zero-order valence-corrected chi connectivity index (χ0v) is 10.2. The van der Waals surface area contributed by atoms with E-state index in [4.69, 9.17) is 5.11 Å². The highest BCUT2D eigenvalue weighted by Crippen LogP contribution is 2.08. The summed E-state index contributed by atoms with van der Waals surface area (Å²) in [6.07, 6.45) is 1.83. The Morgan fingerprint density at radius 1 is 1.23 bits per heavy atom. The molecule has 0 saturated carbocycles. The molecule has 0 radical (unpaired) electrons. The first-order chi connectivity index (χ1) is 4.30. The Kier molecular flexibility index (Phi) is 22.7. The minimum atomic E-state index is -0.665. The first-order valence-electron chi connectivity index (χ1n) is 3.24. The molecule has 0 bridgehead atoms. The summed E-state index contributed by atoms with van der Waals surface area (Å²) in [5, 5.41) is 11.5. The molecule has 0 aromatic carbocycles. The summed E-state index contributed by atoms with van der Waals surface area (Å²) < 4.78 is 0. The maximum absolute atomic E-state index is 10.3. The van der Waals surface area contributed by atoms with Gasteiger partial charge in [-0.1, -0.05) is 0 Å². The van der Waals surface area contributed by atoms with Gasteiger partial charge in [0.2, 0.25) is 0 Å². The molecule has 0 aromatic heterocycles. The van der Waals surface area contributed by atoms with E-state index in [0.29, 0.717) is 6.54 Å². The third-order valence-corrected chi connectivity index (χ3v) is 1.65. The second kappa shape index (κ2) is 12.6. The molecule has 0 aromatic rings. The topological polar surface area (TPSA) is 49.3 Å². The second-order valence-corrected chi connectivity index (χ2v) is 2.38. The van der Waals surface area contributed by atoms with Gasteiger partial charge in [-0.3, -0.25) is 4.79 Å². The van der Waals surface area contributed by atoms with Crippen molar-refractivity contribution in [3.05, 3.63) is 0 Å². The van der Waals surface area contributed by atoms with Gasteiger partial charge in [0.15, 0.2) is 0 Å². The largest absolute Gasteiger partial charge is 0.481 e. The molecule has 1 aliphatic heterocycles. The number of aliphatic carboxylic acids is 1. The van der Waals surface area contributed by atoms with Crippen LogP contribution in [-0.4, -0.2) is 24.2 Å². The van der Waals surface area contributed by atoms with Gasteiger partial charge in [-0.25, -0.2) is 0 Å². The minimum Gasteiger partial charge on any atom is -0.481 e. The van der Waals surface area contributed by atoms with Crippen LogP contribution in [-0.2, 0) is 4.79 Å². The summed E-state index contributed by atoms with van der Waals surface area (Å²) in [5.41, 5.74) is 0. The lowest BCUT2D eigenvalue weighted by atomic mass is 10.0. The van der Waals surface area contributed by atoms with E-state index in [1.54, 1.807) is 0 Å². The molecule has 1 unspecified atom stereocenters. The van der Waals surface area contributed by atoms with Crippen molar-refractivity contribution in [2.45, 2.75) is 12.8 Å². The van der Waals surface area contributed by atoms with Crippen molar-refractivity contribution in [1.29, 1.82) is 0 Å². The molecule has 13 heavy (non-hydrogen) atoms. The third kappa shape index (κ3) is 8.91. The van der Waals surface area contributed by atoms with Crippen LogP contribution in [0, 0.1) is 5.92 Å². The second-order valence-electron chi connectivity index (χ2n) is 2.38. The molecule has 3 nitrogen and oxygen atoms in total. The molecule has 1 fully saturated rings. The summed E-state index contributed by atoms with van der Waals surface area (Å²) in [5.74, 6) is -0.805. The maximum Gasteiger partial charge on any atom is 0.307 e. The SMILES string of the molecule is Cl.Cl.Cl.Cl.O=C(O)C1CCCNC1. The van der Waals surface area contributed by atoms with Gasteiger partial charge >= 0.3 is 5.97 Å². The smallest absolute Gasteiger partial charge is 0.307 e. The van der Waals surface area contributed by atoms with E-state index in [0.717, 1.165) is 19.4 Å². The molecule has 2 N–H and O–H groups in total. The zero-order chi connectivity index (χ0) is 6.69. The first kappa shape index (κ1) is 23.4. The molecule has 1 rings (SSSR count). The molecule has 7 heteroatoms. The molecule has 0 aliphatic carbocycles. The van der Waals surface area contributed by atoms with Crippen molar-refractivity contribution in [2.75, 3.05) is 13.1 Å². The van der Waals surface area contributed by atoms with E-state index in [2.05, 4.69) is 5.32 Å². The summed E-state index contributed by atoms with van der Waals surface area (Å²) in [6.45, 7) is 1.62. The number of carbonyl (C=O) groups is 1. The van der Waals surface area contributed by atoms with Crippen LogP contribution in [0.3, 0.4) is 0 Å². The highest BCUT2D eigenvalue weighted by molar-refractivity contribution is 5.86. The highest BCUT2D eigenvalue weighted by atomic mass is 35.5. The van der Waals surface area contributed by atoms with E-state index >= 15 is 0 Å². The van der Waals surface area contributed by atoms with E-state index in [1.807, 2.05) is 0 Å². The molecule has 1 aliphatic rings. The third-order valence-electron chi connectivity index (χ3n) is 1.65. The Morgan fingerprint density at radius 2 is 1.77 bits per heavy atom. The number of carboxylic acids is 1. The van der Waals surface area contributed by atoms with Crippen molar-refractivity contribution < 1.29 is 9.90 Å². The fourth-order valence-electron chi connectivity index (χ4n) is 1.06. The zero-order valence-electron chi connectivity index (χ0n) is 6.89. The van der Waals surface area contributed by atoms with Crippen molar-refractivity contribution >= 4 is 55.6 Å². The summed E-state index contributed by atoms with van der Waals surface area (Å²) in [6, 6.07) is 0. The number of rotatable bonds is 1. The average Bonchev–Trinajstić information content (AvgIpc) is 1.90. The fraction of sp³-hybridized carbons (Fsp3) is 0.833. The Morgan fingerprint density at radius 3 is 2.00 bits per heavy atom. The Balaban J connectivity index is -0.000000101. The average molecular weight is 275 g/mol. The molecular weight excluding hydrogens is 260 g/mol. The van der Waals surface area contributed by atoms with Gasteiger partial charge < -0.3 is 10.4 Å². The van der Waals surface area contributed by atoms with Crippen LogP contribution in [0.15, 0.2) is 0 Å². The Bertz CT molecular complexity index is 119. The minimum absolute atomic E-state index is 0. The normalized spacial score (nSPS) is 19.2. The van der Waals surface area contributed by atoms with E-state index in [1.165, 1.54) is 0 Å². The monoisotopic (exact) mass is 273 g/mol. The maximum atomic E-state index is 10.3. The van der Waals surface area contributed by atoms with Gasteiger partial charge in [-0.05, 0) is 19.4 Å². The first-order valence-corrected chi connectivity index (χ1v) is 3.24. The lowest BCUT2D eigenvalue weighted by molar-refractivity contribution is -0.142. The molecule has 0 spiro atoms. The number of carboxylic acid groups (broad SMARTS) is 1. The van der Waals surface area contributed by atoms with Crippen molar-refractivity contribution in [2.24, 2.45) is 5.92 Å².